The molecule has 1 amide bonds. The molecule has 4 rings (SSSR count). The lowest BCUT2D eigenvalue weighted by molar-refractivity contribution is -0.136. The van der Waals surface area contributed by atoms with Gasteiger partial charge in [0, 0.05) is 5.69 Å². The number of carboxylic acid groups (broad SMARTS) is 1. The Morgan fingerprint density at radius 2 is 1.90 bits per heavy atom. The number of aromatic nitrogens is 1. The number of nitrogens with zero attached hydrogens (tertiary/aromatic N) is 2. The van der Waals surface area contributed by atoms with Crippen LogP contribution in [0.25, 0.3) is 0 Å². The zero-order chi connectivity index (χ0) is 22.3. The van der Waals surface area contributed by atoms with Gasteiger partial charge in [-0.25, -0.2) is 4.98 Å². The molecule has 0 spiro atoms. The molecule has 1 aliphatic rings. The summed E-state index contributed by atoms with van der Waals surface area (Å²) in [4.78, 5) is 43.2. The average molecular weight is 438 g/mol. The van der Waals surface area contributed by atoms with Crippen LogP contribution in [0.3, 0.4) is 0 Å². The van der Waals surface area contributed by atoms with Gasteiger partial charge in [0.25, 0.3) is 5.91 Å². The van der Waals surface area contributed by atoms with Gasteiger partial charge in [0.05, 0.1) is 33.8 Å². The van der Waals surface area contributed by atoms with Gasteiger partial charge >= 0.3 is 5.97 Å². The van der Waals surface area contributed by atoms with Gasteiger partial charge < -0.3 is 14.6 Å². The monoisotopic (exact) mass is 438 g/mol. The molecular formula is C22H18N2O6S. The molecule has 8 nitrogen and oxygen atoms in total. The van der Waals surface area contributed by atoms with Gasteiger partial charge in [-0.15, -0.1) is 11.3 Å². The number of rotatable bonds is 6. The van der Waals surface area contributed by atoms with Crippen molar-refractivity contribution in [1.29, 1.82) is 0 Å². The van der Waals surface area contributed by atoms with Crippen LogP contribution in [0.2, 0.25) is 0 Å². The predicted molar refractivity (Wildman–Crippen MR) is 112 cm³/mol. The van der Waals surface area contributed by atoms with E-state index in [2.05, 4.69) is 4.98 Å². The fraction of sp³-hybridized carbons (Fsp3) is 0.182. The first-order valence-corrected chi connectivity index (χ1v) is 10.2. The van der Waals surface area contributed by atoms with Crippen molar-refractivity contribution in [3.8, 4) is 0 Å². The Kier molecular flexibility index (Phi) is 5.20. The summed E-state index contributed by atoms with van der Waals surface area (Å²) >= 11 is 1.19. The molecule has 3 heterocycles. The number of hydrogen-bond donors (Lipinski definition) is 2. The SMILES string of the molecule is Cc1nc(C)c(C(=O)C2=C(O)C(=O)N(c3ccc(CC(=O)O)cc3)C2c2ccco2)s1. The number of aliphatic hydroxyl groups excluding tert-OH is 1. The van der Waals surface area contributed by atoms with E-state index in [0.29, 0.717) is 32.6 Å². The Balaban J connectivity index is 1.79. The molecular weight excluding hydrogens is 420 g/mol. The first-order chi connectivity index (χ1) is 14.8. The lowest BCUT2D eigenvalue weighted by Gasteiger charge is -2.25. The molecule has 0 aliphatic carbocycles. The molecule has 0 bridgehead atoms. The average Bonchev–Trinajstić information content (AvgIpc) is 3.41. The highest BCUT2D eigenvalue weighted by atomic mass is 32.1. The van der Waals surface area contributed by atoms with E-state index in [9.17, 15) is 19.5 Å². The first kappa shape index (κ1) is 20.5. The second-order valence-electron chi connectivity index (χ2n) is 7.07. The van der Waals surface area contributed by atoms with Gasteiger partial charge in [0.1, 0.15) is 11.8 Å². The number of aliphatic carboxylic acids is 1. The molecule has 0 fully saturated rings. The number of hydrogen-bond acceptors (Lipinski definition) is 7. The number of carbonyl (C=O) groups excluding carboxylic acids is 2. The van der Waals surface area contributed by atoms with Crippen molar-refractivity contribution in [2.45, 2.75) is 26.3 Å². The fourth-order valence-corrected chi connectivity index (χ4v) is 4.51. The van der Waals surface area contributed by atoms with Crippen LogP contribution < -0.4 is 4.90 Å². The van der Waals surface area contributed by atoms with Crippen LogP contribution in [0.4, 0.5) is 5.69 Å². The maximum atomic E-state index is 13.4. The Hall–Kier alpha value is -3.72. The molecule has 1 aliphatic heterocycles. The molecule has 1 atom stereocenters. The van der Waals surface area contributed by atoms with E-state index in [1.807, 2.05) is 0 Å². The number of Topliss-reactive ketones (excluding diaryl/α,β-unsaturated/α-hetero) is 1. The topological polar surface area (TPSA) is 121 Å². The minimum Gasteiger partial charge on any atom is -0.503 e. The molecule has 158 valence electrons. The molecule has 31 heavy (non-hydrogen) atoms. The summed E-state index contributed by atoms with van der Waals surface area (Å²) in [7, 11) is 0. The zero-order valence-corrected chi connectivity index (χ0v) is 17.5. The molecule has 1 aromatic carbocycles. The summed E-state index contributed by atoms with van der Waals surface area (Å²) in [6.07, 6.45) is 1.26. The number of aliphatic hydroxyl groups is 1. The van der Waals surface area contributed by atoms with Crippen molar-refractivity contribution in [1.82, 2.24) is 4.98 Å². The largest absolute Gasteiger partial charge is 0.503 e. The number of aryl methyl sites for hydroxylation is 2. The van der Waals surface area contributed by atoms with Crippen molar-refractivity contribution in [3.63, 3.8) is 0 Å². The summed E-state index contributed by atoms with van der Waals surface area (Å²) < 4.78 is 5.51. The van der Waals surface area contributed by atoms with Crippen molar-refractivity contribution in [3.05, 3.63) is 80.9 Å². The van der Waals surface area contributed by atoms with Gasteiger partial charge in [-0.2, -0.15) is 0 Å². The van der Waals surface area contributed by atoms with Crippen molar-refractivity contribution in [2.75, 3.05) is 4.90 Å². The van der Waals surface area contributed by atoms with Crippen molar-refractivity contribution >= 4 is 34.7 Å². The van der Waals surface area contributed by atoms with Crippen LogP contribution in [-0.4, -0.2) is 32.9 Å². The summed E-state index contributed by atoms with van der Waals surface area (Å²) in [5, 5.41) is 20.4. The second kappa shape index (κ2) is 7.84. The van der Waals surface area contributed by atoms with E-state index in [0.717, 1.165) is 0 Å². The third-order valence-corrected chi connectivity index (χ3v) is 6.02. The van der Waals surface area contributed by atoms with Gasteiger partial charge in [-0.05, 0) is 43.7 Å². The van der Waals surface area contributed by atoms with E-state index >= 15 is 0 Å². The molecule has 2 aromatic heterocycles. The van der Waals surface area contributed by atoms with Gasteiger partial charge in [-0.3, -0.25) is 19.3 Å². The number of anilines is 1. The minimum atomic E-state index is -0.971. The Bertz CT molecular complexity index is 1210. The third-order valence-electron chi connectivity index (χ3n) is 4.95. The molecule has 3 aromatic rings. The van der Waals surface area contributed by atoms with E-state index in [1.165, 1.54) is 22.5 Å². The van der Waals surface area contributed by atoms with Crippen LogP contribution in [0.15, 0.2) is 58.4 Å². The number of ketones is 1. The van der Waals surface area contributed by atoms with Crippen LogP contribution in [0.5, 0.6) is 0 Å². The zero-order valence-electron chi connectivity index (χ0n) is 16.7. The maximum Gasteiger partial charge on any atom is 0.307 e. The summed E-state index contributed by atoms with van der Waals surface area (Å²) in [6.45, 7) is 3.48. The number of carbonyl (C=O) groups is 3. The number of carboxylic acids is 1. The summed E-state index contributed by atoms with van der Waals surface area (Å²) in [5.74, 6) is -2.53. The lowest BCUT2D eigenvalue weighted by Crippen LogP contribution is -2.30. The number of benzene rings is 1. The van der Waals surface area contributed by atoms with Crippen LogP contribution in [0, 0.1) is 13.8 Å². The Morgan fingerprint density at radius 3 is 2.45 bits per heavy atom. The van der Waals surface area contributed by atoms with Gasteiger partial charge in [0.15, 0.2) is 5.76 Å². The molecule has 0 saturated heterocycles. The molecule has 9 heteroatoms. The molecule has 0 saturated carbocycles. The molecule has 2 N–H and O–H groups in total. The van der Waals surface area contributed by atoms with E-state index in [1.54, 1.807) is 50.2 Å². The number of thiazole rings is 1. The van der Waals surface area contributed by atoms with Gasteiger partial charge in [-0.1, -0.05) is 12.1 Å². The predicted octanol–water partition coefficient (Wildman–Crippen LogP) is 3.76. The van der Waals surface area contributed by atoms with Gasteiger partial charge in [0.2, 0.25) is 5.78 Å². The molecule has 0 radical (unpaired) electrons. The summed E-state index contributed by atoms with van der Waals surface area (Å²) in [5.41, 5.74) is 1.39. The van der Waals surface area contributed by atoms with Crippen LogP contribution in [0.1, 0.15) is 37.7 Å². The minimum absolute atomic E-state index is 0.0821. The quantitative estimate of drug-likeness (QED) is 0.562. The smallest absolute Gasteiger partial charge is 0.307 e. The second-order valence-corrected chi connectivity index (χ2v) is 8.27. The number of amides is 1. The van der Waals surface area contributed by atoms with E-state index in [-0.39, 0.29) is 12.0 Å². The molecule has 1 unspecified atom stereocenters. The van der Waals surface area contributed by atoms with Crippen molar-refractivity contribution < 1.29 is 29.0 Å². The standard InChI is InChI=1S/C22H18N2O6S/c1-11-21(31-12(2)23-11)19(27)17-18(15-4-3-9-30-15)24(22(29)20(17)28)14-7-5-13(6-8-14)10-16(25)26/h3-9,18,28H,10H2,1-2H3,(H,25,26). The Morgan fingerprint density at radius 1 is 1.19 bits per heavy atom. The van der Waals surface area contributed by atoms with E-state index < -0.39 is 29.5 Å². The fourth-order valence-electron chi connectivity index (χ4n) is 3.63. The Labute approximate surface area is 181 Å². The summed E-state index contributed by atoms with van der Waals surface area (Å²) in [6, 6.07) is 8.62. The van der Waals surface area contributed by atoms with Crippen molar-refractivity contribution in [2.24, 2.45) is 0 Å². The highest BCUT2D eigenvalue weighted by Gasteiger charge is 2.46. The normalized spacial score (nSPS) is 16.3. The number of furan rings is 1. The third kappa shape index (κ3) is 3.64. The van der Waals surface area contributed by atoms with Crippen LogP contribution in [-0.2, 0) is 16.0 Å². The van der Waals surface area contributed by atoms with E-state index in [4.69, 9.17) is 9.52 Å². The maximum absolute atomic E-state index is 13.4. The highest BCUT2D eigenvalue weighted by Crippen LogP contribution is 2.42. The lowest BCUT2D eigenvalue weighted by atomic mass is 9.99. The van der Waals surface area contributed by atoms with Crippen LogP contribution >= 0.6 is 11.3 Å². The first-order valence-electron chi connectivity index (χ1n) is 9.37. The highest BCUT2D eigenvalue weighted by molar-refractivity contribution is 7.14.